The minimum Gasteiger partial charge on any atom is -0.444 e. The maximum atomic E-state index is 6.10. The van der Waals surface area contributed by atoms with E-state index in [9.17, 15) is 0 Å². The van der Waals surface area contributed by atoms with E-state index in [2.05, 4.69) is 11.6 Å². The van der Waals surface area contributed by atoms with Gasteiger partial charge in [0.2, 0.25) is 0 Å². The van der Waals surface area contributed by atoms with Crippen molar-refractivity contribution in [3.8, 4) is 0 Å². The third kappa shape index (κ3) is 3.18. The highest BCUT2D eigenvalue weighted by Crippen LogP contribution is 2.29. The SMILES string of the molecule is CSCCCNCc1c(Cl)oc2ccccc12. The zero-order chi connectivity index (χ0) is 12.1. The second kappa shape index (κ2) is 6.34. The fourth-order valence-corrected chi connectivity index (χ4v) is 2.47. The van der Waals surface area contributed by atoms with Gasteiger partial charge in [0, 0.05) is 17.5 Å². The number of halogens is 1. The topological polar surface area (TPSA) is 25.2 Å². The van der Waals surface area contributed by atoms with Gasteiger partial charge in [-0.05, 0) is 42.6 Å². The lowest BCUT2D eigenvalue weighted by molar-refractivity contribution is 0.603. The summed E-state index contributed by atoms with van der Waals surface area (Å²) in [6.07, 6.45) is 3.30. The number of thioether (sulfide) groups is 1. The number of nitrogens with one attached hydrogen (secondary N) is 1. The minimum atomic E-state index is 0.503. The van der Waals surface area contributed by atoms with Crippen molar-refractivity contribution in [1.29, 1.82) is 0 Å². The molecule has 0 unspecified atom stereocenters. The Morgan fingerprint density at radius 2 is 2.18 bits per heavy atom. The molecule has 0 saturated heterocycles. The van der Waals surface area contributed by atoms with E-state index in [1.54, 1.807) is 0 Å². The van der Waals surface area contributed by atoms with Gasteiger partial charge in [0.05, 0.1) is 0 Å². The number of furan rings is 1. The Morgan fingerprint density at radius 1 is 1.35 bits per heavy atom. The van der Waals surface area contributed by atoms with Crippen LogP contribution in [0.1, 0.15) is 12.0 Å². The Labute approximate surface area is 111 Å². The summed E-state index contributed by atoms with van der Waals surface area (Å²) in [5.41, 5.74) is 1.92. The largest absolute Gasteiger partial charge is 0.444 e. The van der Waals surface area contributed by atoms with Crippen LogP contribution in [0.15, 0.2) is 28.7 Å². The van der Waals surface area contributed by atoms with E-state index in [4.69, 9.17) is 16.0 Å². The molecular weight excluding hydrogens is 254 g/mol. The van der Waals surface area contributed by atoms with Crippen molar-refractivity contribution in [2.75, 3.05) is 18.6 Å². The summed E-state index contributed by atoms with van der Waals surface area (Å²) in [7, 11) is 0. The number of benzene rings is 1. The summed E-state index contributed by atoms with van der Waals surface area (Å²) in [6, 6.07) is 7.95. The monoisotopic (exact) mass is 269 g/mol. The lowest BCUT2D eigenvalue weighted by atomic mass is 10.2. The van der Waals surface area contributed by atoms with Crippen LogP contribution >= 0.6 is 23.4 Å². The number of rotatable bonds is 6. The summed E-state index contributed by atoms with van der Waals surface area (Å²) in [4.78, 5) is 0. The van der Waals surface area contributed by atoms with Gasteiger partial charge in [-0.3, -0.25) is 0 Å². The summed E-state index contributed by atoms with van der Waals surface area (Å²) >= 11 is 7.97. The molecule has 2 aromatic rings. The van der Waals surface area contributed by atoms with Gasteiger partial charge in [-0.1, -0.05) is 18.2 Å². The van der Waals surface area contributed by atoms with Crippen LogP contribution in [-0.2, 0) is 6.54 Å². The number of hydrogen-bond donors (Lipinski definition) is 1. The molecule has 4 heteroatoms. The Morgan fingerprint density at radius 3 is 3.00 bits per heavy atom. The van der Waals surface area contributed by atoms with Crippen molar-refractivity contribution < 1.29 is 4.42 Å². The molecule has 1 N–H and O–H groups in total. The van der Waals surface area contributed by atoms with Crippen molar-refractivity contribution in [2.45, 2.75) is 13.0 Å². The van der Waals surface area contributed by atoms with Gasteiger partial charge in [0.15, 0.2) is 5.22 Å². The predicted octanol–water partition coefficient (Wildman–Crippen LogP) is 3.93. The van der Waals surface area contributed by atoms with E-state index in [0.717, 1.165) is 29.6 Å². The van der Waals surface area contributed by atoms with Gasteiger partial charge in [-0.15, -0.1) is 0 Å². The Bertz CT molecular complexity index is 483. The van der Waals surface area contributed by atoms with Gasteiger partial charge < -0.3 is 9.73 Å². The third-order valence-corrected chi connectivity index (χ3v) is 3.65. The van der Waals surface area contributed by atoms with Gasteiger partial charge in [0.25, 0.3) is 0 Å². The van der Waals surface area contributed by atoms with E-state index < -0.39 is 0 Å². The highest BCUT2D eigenvalue weighted by Gasteiger charge is 2.10. The molecule has 2 nitrogen and oxygen atoms in total. The van der Waals surface area contributed by atoms with Crippen molar-refractivity contribution in [3.63, 3.8) is 0 Å². The summed E-state index contributed by atoms with van der Waals surface area (Å²) in [6.45, 7) is 1.78. The van der Waals surface area contributed by atoms with Gasteiger partial charge in [-0.2, -0.15) is 11.8 Å². The van der Waals surface area contributed by atoms with E-state index in [1.807, 2.05) is 36.0 Å². The highest BCUT2D eigenvalue weighted by molar-refractivity contribution is 7.98. The average Bonchev–Trinajstić information content (AvgIpc) is 2.65. The molecule has 0 amide bonds. The lowest BCUT2D eigenvalue weighted by Crippen LogP contribution is -2.15. The zero-order valence-electron chi connectivity index (χ0n) is 9.83. The molecule has 92 valence electrons. The van der Waals surface area contributed by atoms with Crippen LogP contribution in [0.4, 0.5) is 0 Å². The van der Waals surface area contributed by atoms with E-state index in [-0.39, 0.29) is 0 Å². The summed E-state index contributed by atoms with van der Waals surface area (Å²) < 4.78 is 5.50. The first kappa shape index (κ1) is 12.8. The van der Waals surface area contributed by atoms with Crippen LogP contribution < -0.4 is 5.32 Å². The number of fused-ring (bicyclic) bond motifs is 1. The molecule has 1 aromatic heterocycles. The first-order valence-electron chi connectivity index (χ1n) is 5.68. The second-order valence-electron chi connectivity index (χ2n) is 3.87. The van der Waals surface area contributed by atoms with Crippen LogP contribution in [0.5, 0.6) is 0 Å². The Balaban J connectivity index is 2.00. The van der Waals surface area contributed by atoms with Gasteiger partial charge in [0.1, 0.15) is 5.58 Å². The zero-order valence-corrected chi connectivity index (χ0v) is 11.4. The van der Waals surface area contributed by atoms with Crippen molar-refractivity contribution in [1.82, 2.24) is 5.32 Å². The predicted molar refractivity (Wildman–Crippen MR) is 75.9 cm³/mol. The van der Waals surface area contributed by atoms with E-state index in [1.165, 1.54) is 12.2 Å². The number of hydrogen-bond acceptors (Lipinski definition) is 3. The van der Waals surface area contributed by atoms with Crippen molar-refractivity contribution in [2.24, 2.45) is 0 Å². The average molecular weight is 270 g/mol. The standard InChI is InChI=1S/C13H16ClNOS/c1-17-8-4-7-15-9-11-10-5-2-3-6-12(10)16-13(11)14/h2-3,5-6,15H,4,7-9H2,1H3. The molecule has 0 aliphatic rings. The normalized spacial score (nSPS) is 11.2. The second-order valence-corrected chi connectivity index (χ2v) is 5.20. The van der Waals surface area contributed by atoms with Gasteiger partial charge >= 0.3 is 0 Å². The first-order chi connectivity index (χ1) is 8.33. The minimum absolute atomic E-state index is 0.503. The van der Waals surface area contributed by atoms with Crippen LogP contribution in [-0.4, -0.2) is 18.6 Å². The van der Waals surface area contributed by atoms with Gasteiger partial charge in [-0.25, -0.2) is 0 Å². The fraction of sp³-hybridized carbons (Fsp3) is 0.385. The Hall–Kier alpha value is -0.640. The highest BCUT2D eigenvalue weighted by atomic mass is 35.5. The smallest absolute Gasteiger partial charge is 0.199 e. The molecule has 0 radical (unpaired) electrons. The van der Waals surface area contributed by atoms with Crippen molar-refractivity contribution >= 4 is 34.3 Å². The van der Waals surface area contributed by atoms with Crippen LogP contribution in [0.2, 0.25) is 5.22 Å². The molecule has 0 aliphatic heterocycles. The quantitative estimate of drug-likeness (QED) is 0.805. The third-order valence-electron chi connectivity index (χ3n) is 2.65. The van der Waals surface area contributed by atoms with E-state index >= 15 is 0 Å². The molecule has 0 atom stereocenters. The van der Waals surface area contributed by atoms with Crippen LogP contribution in [0, 0.1) is 0 Å². The maximum absolute atomic E-state index is 6.10. The number of para-hydroxylation sites is 1. The van der Waals surface area contributed by atoms with Crippen LogP contribution in [0.3, 0.4) is 0 Å². The first-order valence-corrected chi connectivity index (χ1v) is 7.45. The molecule has 0 aliphatic carbocycles. The molecule has 0 bridgehead atoms. The lowest BCUT2D eigenvalue weighted by Gasteiger charge is -2.02. The van der Waals surface area contributed by atoms with Crippen molar-refractivity contribution in [3.05, 3.63) is 35.0 Å². The molecule has 0 fully saturated rings. The molecular formula is C13H16ClNOS. The Kier molecular flexibility index (Phi) is 4.77. The fourth-order valence-electron chi connectivity index (χ4n) is 1.79. The molecule has 0 spiro atoms. The van der Waals surface area contributed by atoms with E-state index in [0.29, 0.717) is 5.22 Å². The summed E-state index contributed by atoms with van der Waals surface area (Å²) in [5.74, 6) is 1.19. The molecule has 1 aromatic carbocycles. The molecule has 0 saturated carbocycles. The molecule has 1 heterocycles. The molecule has 2 rings (SSSR count). The summed E-state index contributed by atoms with van der Waals surface area (Å²) in [5, 5.41) is 5.01. The maximum Gasteiger partial charge on any atom is 0.199 e. The molecule has 17 heavy (non-hydrogen) atoms. The van der Waals surface area contributed by atoms with Crippen LogP contribution in [0.25, 0.3) is 11.0 Å².